The van der Waals surface area contributed by atoms with Crippen LogP contribution in [0.25, 0.3) is 0 Å². The summed E-state index contributed by atoms with van der Waals surface area (Å²) >= 11 is 0. The van der Waals surface area contributed by atoms with Crippen molar-refractivity contribution in [2.24, 2.45) is 17.8 Å². The summed E-state index contributed by atoms with van der Waals surface area (Å²) in [6, 6.07) is 0.166. The third-order valence-electron chi connectivity index (χ3n) is 5.20. The van der Waals surface area contributed by atoms with Crippen LogP contribution in [0, 0.1) is 17.8 Å². The lowest BCUT2D eigenvalue weighted by Crippen LogP contribution is -2.41. The maximum absolute atomic E-state index is 12.2. The number of nitrogens with one attached hydrogen (secondary N) is 2. The van der Waals surface area contributed by atoms with Crippen molar-refractivity contribution in [1.82, 2.24) is 10.0 Å². The Morgan fingerprint density at radius 3 is 2.40 bits per heavy atom. The standard InChI is InChI=1S/C15H30N2O2S/c1-12-3-4-15(11-13(12)2)17-20(18,19)10-7-14-5-8-16-9-6-14/h12-17H,3-11H2,1-2H3. The second kappa shape index (κ2) is 7.23. The van der Waals surface area contributed by atoms with E-state index in [1.54, 1.807) is 0 Å². The minimum Gasteiger partial charge on any atom is -0.317 e. The van der Waals surface area contributed by atoms with Gasteiger partial charge in [0.25, 0.3) is 0 Å². The van der Waals surface area contributed by atoms with Gasteiger partial charge in [0.2, 0.25) is 10.0 Å². The molecule has 0 spiro atoms. The van der Waals surface area contributed by atoms with Crippen LogP contribution in [0.5, 0.6) is 0 Å². The van der Waals surface area contributed by atoms with Crippen LogP contribution in [0.1, 0.15) is 52.4 Å². The van der Waals surface area contributed by atoms with Gasteiger partial charge in [-0.3, -0.25) is 0 Å². The molecule has 1 heterocycles. The van der Waals surface area contributed by atoms with Gasteiger partial charge in [-0.15, -0.1) is 0 Å². The summed E-state index contributed by atoms with van der Waals surface area (Å²) in [4.78, 5) is 0. The summed E-state index contributed by atoms with van der Waals surface area (Å²) in [5.74, 6) is 2.24. The molecule has 0 aromatic rings. The highest BCUT2D eigenvalue weighted by Gasteiger charge is 2.27. The zero-order chi connectivity index (χ0) is 14.6. The van der Waals surface area contributed by atoms with Gasteiger partial charge in [0.1, 0.15) is 0 Å². The van der Waals surface area contributed by atoms with E-state index in [-0.39, 0.29) is 6.04 Å². The van der Waals surface area contributed by atoms with Gasteiger partial charge < -0.3 is 5.32 Å². The molecule has 20 heavy (non-hydrogen) atoms. The SMILES string of the molecule is CC1CCC(NS(=O)(=O)CCC2CCNCC2)CC1C. The smallest absolute Gasteiger partial charge is 0.211 e. The average molecular weight is 302 g/mol. The van der Waals surface area contributed by atoms with Crippen molar-refractivity contribution in [3.05, 3.63) is 0 Å². The molecule has 2 fully saturated rings. The van der Waals surface area contributed by atoms with Crippen molar-refractivity contribution in [2.45, 2.75) is 58.4 Å². The zero-order valence-electron chi connectivity index (χ0n) is 12.9. The summed E-state index contributed by atoms with van der Waals surface area (Å²) in [6.45, 7) is 6.58. The minimum absolute atomic E-state index is 0.166. The molecule has 3 atom stereocenters. The first-order valence-electron chi connectivity index (χ1n) is 8.17. The zero-order valence-corrected chi connectivity index (χ0v) is 13.7. The fraction of sp³-hybridized carbons (Fsp3) is 1.00. The van der Waals surface area contributed by atoms with Crippen LogP contribution in [-0.4, -0.2) is 33.3 Å². The monoisotopic (exact) mass is 302 g/mol. The summed E-state index contributed by atoms with van der Waals surface area (Å²) in [7, 11) is -3.09. The van der Waals surface area contributed by atoms with Crippen LogP contribution in [0.3, 0.4) is 0 Å². The second-order valence-electron chi connectivity index (χ2n) is 6.88. The largest absolute Gasteiger partial charge is 0.317 e. The predicted molar refractivity (Wildman–Crippen MR) is 83.1 cm³/mol. The van der Waals surface area contributed by atoms with E-state index in [1.165, 1.54) is 0 Å². The minimum atomic E-state index is -3.09. The molecule has 0 radical (unpaired) electrons. The van der Waals surface area contributed by atoms with Crippen molar-refractivity contribution in [1.29, 1.82) is 0 Å². The molecule has 4 nitrogen and oxygen atoms in total. The van der Waals surface area contributed by atoms with E-state index in [4.69, 9.17) is 0 Å². The number of rotatable bonds is 5. The average Bonchev–Trinajstić information content (AvgIpc) is 2.42. The molecule has 1 saturated carbocycles. The van der Waals surface area contributed by atoms with Gasteiger partial charge in [-0.25, -0.2) is 13.1 Å². The Morgan fingerprint density at radius 1 is 1.05 bits per heavy atom. The first-order valence-corrected chi connectivity index (χ1v) is 9.82. The molecule has 1 aliphatic carbocycles. The van der Waals surface area contributed by atoms with Crippen LogP contribution in [0.4, 0.5) is 0 Å². The van der Waals surface area contributed by atoms with E-state index in [0.29, 0.717) is 17.6 Å². The van der Waals surface area contributed by atoms with Gasteiger partial charge in [-0.05, 0) is 69.4 Å². The summed E-state index contributed by atoms with van der Waals surface area (Å²) in [6.07, 6.45) is 6.19. The lowest BCUT2D eigenvalue weighted by molar-refractivity contribution is 0.241. The molecule has 2 N–H and O–H groups in total. The first-order chi connectivity index (χ1) is 9.46. The van der Waals surface area contributed by atoms with Gasteiger partial charge in [-0.2, -0.15) is 0 Å². The Kier molecular flexibility index (Phi) is 5.87. The van der Waals surface area contributed by atoms with Crippen molar-refractivity contribution in [3.8, 4) is 0 Å². The summed E-state index contributed by atoms with van der Waals surface area (Å²) in [5.41, 5.74) is 0. The Hall–Kier alpha value is -0.130. The van der Waals surface area contributed by atoms with Crippen LogP contribution >= 0.6 is 0 Å². The highest BCUT2D eigenvalue weighted by atomic mass is 32.2. The normalized spacial score (nSPS) is 33.2. The van der Waals surface area contributed by atoms with Crippen LogP contribution < -0.4 is 10.0 Å². The molecule has 0 aromatic heterocycles. The van der Waals surface area contributed by atoms with E-state index in [2.05, 4.69) is 23.9 Å². The molecule has 1 saturated heterocycles. The highest BCUT2D eigenvalue weighted by molar-refractivity contribution is 7.89. The highest BCUT2D eigenvalue weighted by Crippen LogP contribution is 2.29. The molecule has 0 bridgehead atoms. The number of hydrogen-bond donors (Lipinski definition) is 2. The third-order valence-corrected chi connectivity index (χ3v) is 6.66. The summed E-state index contributed by atoms with van der Waals surface area (Å²) in [5, 5.41) is 3.32. The number of hydrogen-bond acceptors (Lipinski definition) is 3. The quantitative estimate of drug-likeness (QED) is 0.818. The van der Waals surface area contributed by atoms with Gasteiger partial charge in [0.15, 0.2) is 0 Å². The lowest BCUT2D eigenvalue weighted by atomic mass is 9.79. The Balaban J connectivity index is 1.75. The van der Waals surface area contributed by atoms with E-state index in [9.17, 15) is 8.42 Å². The van der Waals surface area contributed by atoms with Crippen LogP contribution in [0.2, 0.25) is 0 Å². The van der Waals surface area contributed by atoms with E-state index in [1.807, 2.05) is 0 Å². The van der Waals surface area contributed by atoms with Crippen molar-refractivity contribution in [3.63, 3.8) is 0 Å². The topological polar surface area (TPSA) is 58.2 Å². The van der Waals surface area contributed by atoms with Gasteiger partial charge in [0, 0.05) is 6.04 Å². The van der Waals surface area contributed by atoms with E-state index >= 15 is 0 Å². The van der Waals surface area contributed by atoms with Crippen molar-refractivity contribution >= 4 is 10.0 Å². The molecular formula is C15H30N2O2S. The third kappa shape index (κ3) is 5.01. The molecule has 2 rings (SSSR count). The molecule has 0 amide bonds. The lowest BCUT2D eigenvalue weighted by Gasteiger charge is -2.32. The van der Waals surface area contributed by atoms with Crippen LogP contribution in [-0.2, 0) is 10.0 Å². The predicted octanol–water partition coefficient (Wildman–Crippen LogP) is 2.12. The van der Waals surface area contributed by atoms with Crippen molar-refractivity contribution < 1.29 is 8.42 Å². The van der Waals surface area contributed by atoms with E-state index in [0.717, 1.165) is 57.5 Å². The van der Waals surface area contributed by atoms with E-state index < -0.39 is 10.0 Å². The maximum atomic E-state index is 12.2. The number of piperidine rings is 1. The first kappa shape index (κ1) is 16.2. The Labute approximate surface area is 124 Å². The molecule has 118 valence electrons. The van der Waals surface area contributed by atoms with Gasteiger partial charge >= 0.3 is 0 Å². The summed E-state index contributed by atoms with van der Waals surface area (Å²) < 4.78 is 27.3. The molecule has 1 aliphatic heterocycles. The number of sulfonamides is 1. The molecule has 0 aromatic carbocycles. The van der Waals surface area contributed by atoms with Gasteiger partial charge in [0.05, 0.1) is 5.75 Å². The fourth-order valence-corrected chi connectivity index (χ4v) is 4.94. The van der Waals surface area contributed by atoms with Crippen molar-refractivity contribution in [2.75, 3.05) is 18.8 Å². The maximum Gasteiger partial charge on any atom is 0.211 e. The second-order valence-corrected chi connectivity index (χ2v) is 8.76. The molecule has 3 unspecified atom stereocenters. The fourth-order valence-electron chi connectivity index (χ4n) is 3.46. The molecule has 5 heteroatoms. The van der Waals surface area contributed by atoms with Gasteiger partial charge in [-0.1, -0.05) is 13.8 Å². The van der Waals surface area contributed by atoms with Crippen LogP contribution in [0.15, 0.2) is 0 Å². The Morgan fingerprint density at radius 2 is 1.75 bits per heavy atom. The molecule has 2 aliphatic rings. The Bertz CT molecular complexity index is 391. The molecular weight excluding hydrogens is 272 g/mol.